The lowest BCUT2D eigenvalue weighted by atomic mass is 10.0. The van der Waals surface area contributed by atoms with Crippen LogP contribution in [0, 0.1) is 0 Å². The molecule has 0 atom stereocenters. The highest BCUT2D eigenvalue weighted by Crippen LogP contribution is 2.23. The molecule has 2 N–H and O–H groups in total. The second-order valence-electron chi connectivity index (χ2n) is 7.04. The first kappa shape index (κ1) is 18.9. The van der Waals surface area contributed by atoms with E-state index in [0.29, 0.717) is 36.6 Å². The number of rotatable bonds is 6. The minimum absolute atomic E-state index is 0.0524. The maximum atomic E-state index is 12.9. The van der Waals surface area contributed by atoms with Gasteiger partial charge in [-0.3, -0.25) is 18.5 Å². The Kier molecular flexibility index (Phi) is 4.94. The molecule has 8 heteroatoms. The number of benzene rings is 2. The molecule has 2 aromatic carbocycles. The Hall–Kier alpha value is -3.39. The first-order chi connectivity index (χ1) is 14.0. The summed E-state index contributed by atoms with van der Waals surface area (Å²) >= 11 is 0. The van der Waals surface area contributed by atoms with E-state index in [4.69, 9.17) is 5.11 Å². The van der Waals surface area contributed by atoms with Gasteiger partial charge >= 0.3 is 5.69 Å². The third-order valence-corrected chi connectivity index (χ3v) is 5.17. The smallest absolute Gasteiger partial charge is 0.332 e. The molecule has 0 aliphatic carbocycles. The fourth-order valence-electron chi connectivity index (χ4n) is 3.62. The molecule has 0 amide bonds. The normalized spacial score (nSPS) is 11.4. The molecule has 0 aliphatic rings. The van der Waals surface area contributed by atoms with E-state index in [9.17, 15) is 9.59 Å². The summed E-state index contributed by atoms with van der Waals surface area (Å²) in [6, 6.07) is 14.1. The van der Waals surface area contributed by atoms with E-state index in [1.807, 2.05) is 41.0 Å². The van der Waals surface area contributed by atoms with Gasteiger partial charge in [0.1, 0.15) is 0 Å². The molecule has 0 aliphatic heterocycles. The first-order valence-corrected chi connectivity index (χ1v) is 9.50. The number of hydrogen-bond acceptors (Lipinski definition) is 5. The molecule has 4 aromatic rings. The van der Waals surface area contributed by atoms with Crippen LogP contribution in [0.15, 0.2) is 52.1 Å². The van der Waals surface area contributed by atoms with Gasteiger partial charge in [0.25, 0.3) is 5.56 Å². The van der Waals surface area contributed by atoms with Gasteiger partial charge in [-0.1, -0.05) is 42.5 Å². The van der Waals surface area contributed by atoms with Crippen molar-refractivity contribution in [2.45, 2.75) is 13.0 Å². The number of aryl methyl sites for hydroxylation is 1. The van der Waals surface area contributed by atoms with Gasteiger partial charge in [0, 0.05) is 27.2 Å². The fourth-order valence-corrected chi connectivity index (χ4v) is 3.62. The van der Waals surface area contributed by atoms with Crippen molar-refractivity contribution >= 4 is 27.9 Å². The number of aromatic nitrogens is 4. The Bertz CT molecular complexity index is 1310. The highest BCUT2D eigenvalue weighted by atomic mass is 16.3. The predicted octanol–water partition coefficient (Wildman–Crippen LogP) is 1.43. The molecule has 0 radical (unpaired) electrons. The second-order valence-corrected chi connectivity index (χ2v) is 7.04. The van der Waals surface area contributed by atoms with Crippen LogP contribution in [0.25, 0.3) is 21.9 Å². The molecule has 0 bridgehead atoms. The van der Waals surface area contributed by atoms with Crippen LogP contribution >= 0.6 is 0 Å². The first-order valence-electron chi connectivity index (χ1n) is 9.50. The predicted molar refractivity (Wildman–Crippen MR) is 113 cm³/mol. The summed E-state index contributed by atoms with van der Waals surface area (Å²) in [5.41, 5.74) is 0.952. The van der Waals surface area contributed by atoms with E-state index in [2.05, 4.69) is 16.4 Å². The molecule has 8 nitrogen and oxygen atoms in total. The van der Waals surface area contributed by atoms with Crippen molar-refractivity contribution < 1.29 is 5.11 Å². The number of nitrogens with one attached hydrogen (secondary N) is 1. The monoisotopic (exact) mass is 393 g/mol. The maximum Gasteiger partial charge on any atom is 0.332 e. The molecule has 0 saturated heterocycles. The van der Waals surface area contributed by atoms with E-state index in [-0.39, 0.29) is 12.2 Å². The molecule has 0 fully saturated rings. The standard InChI is InChI=1S/C21H23N5O3/c1-24-18-17(19(28)25(2)21(24)29)26(20(23-18)22-11-6-12-27)13-15-9-5-8-14-7-3-4-10-16(14)15/h3-5,7-10,27H,6,11-13H2,1-2H3,(H,22,23). The number of hydrogen-bond donors (Lipinski definition) is 2. The lowest BCUT2D eigenvalue weighted by molar-refractivity contribution is 0.292. The van der Waals surface area contributed by atoms with E-state index in [1.165, 1.54) is 11.6 Å². The number of imidazole rings is 1. The summed E-state index contributed by atoms with van der Waals surface area (Å²) < 4.78 is 4.30. The Balaban J connectivity index is 1.94. The van der Waals surface area contributed by atoms with Gasteiger partial charge in [0.2, 0.25) is 5.95 Å². The van der Waals surface area contributed by atoms with Crippen LogP contribution in [0.2, 0.25) is 0 Å². The number of anilines is 1. The zero-order valence-electron chi connectivity index (χ0n) is 16.4. The third kappa shape index (κ3) is 3.21. The van der Waals surface area contributed by atoms with Crippen LogP contribution in [0.4, 0.5) is 5.95 Å². The maximum absolute atomic E-state index is 12.9. The number of aliphatic hydroxyl groups excluding tert-OH is 1. The molecule has 29 heavy (non-hydrogen) atoms. The highest BCUT2D eigenvalue weighted by Gasteiger charge is 2.19. The molecular formula is C21H23N5O3. The molecular weight excluding hydrogens is 370 g/mol. The van der Waals surface area contributed by atoms with Gasteiger partial charge in [0.05, 0.1) is 6.54 Å². The van der Waals surface area contributed by atoms with Crippen LogP contribution in [0.5, 0.6) is 0 Å². The average Bonchev–Trinajstić information content (AvgIpc) is 3.09. The fraction of sp³-hybridized carbons (Fsp3) is 0.286. The molecule has 0 unspecified atom stereocenters. The van der Waals surface area contributed by atoms with Gasteiger partial charge < -0.3 is 10.4 Å². The summed E-state index contributed by atoms with van der Waals surface area (Å²) in [6.45, 7) is 0.979. The van der Waals surface area contributed by atoms with Gasteiger partial charge in [-0.2, -0.15) is 4.98 Å². The van der Waals surface area contributed by atoms with Crippen molar-refractivity contribution in [3.05, 3.63) is 68.9 Å². The molecule has 0 spiro atoms. The number of fused-ring (bicyclic) bond motifs is 2. The van der Waals surface area contributed by atoms with Crippen LogP contribution in [0.1, 0.15) is 12.0 Å². The molecule has 150 valence electrons. The van der Waals surface area contributed by atoms with Crippen molar-refractivity contribution in [1.29, 1.82) is 0 Å². The SMILES string of the molecule is Cn1c(=O)c2c(nc(NCCCO)n2Cc2cccc3ccccc23)n(C)c1=O. The van der Waals surface area contributed by atoms with Crippen molar-refractivity contribution in [1.82, 2.24) is 18.7 Å². The molecule has 2 heterocycles. The highest BCUT2D eigenvalue weighted by molar-refractivity contribution is 5.86. The van der Waals surface area contributed by atoms with Crippen molar-refractivity contribution in [2.24, 2.45) is 14.1 Å². The van der Waals surface area contributed by atoms with Gasteiger partial charge in [-0.25, -0.2) is 4.79 Å². The van der Waals surface area contributed by atoms with Crippen LogP contribution in [0.3, 0.4) is 0 Å². The van der Waals surface area contributed by atoms with Crippen LogP contribution in [-0.2, 0) is 20.6 Å². The topological polar surface area (TPSA) is 94.1 Å². The summed E-state index contributed by atoms with van der Waals surface area (Å²) in [5, 5.41) is 14.5. The Morgan fingerprint density at radius 1 is 1.03 bits per heavy atom. The van der Waals surface area contributed by atoms with Crippen molar-refractivity contribution in [3.8, 4) is 0 Å². The lowest BCUT2D eigenvalue weighted by Gasteiger charge is -2.12. The minimum atomic E-state index is -0.417. The molecule has 0 saturated carbocycles. The summed E-state index contributed by atoms with van der Waals surface area (Å²) in [7, 11) is 3.08. The van der Waals surface area contributed by atoms with Crippen molar-refractivity contribution in [3.63, 3.8) is 0 Å². The van der Waals surface area contributed by atoms with E-state index >= 15 is 0 Å². The zero-order valence-corrected chi connectivity index (χ0v) is 16.4. The number of nitrogens with zero attached hydrogens (tertiary/aromatic N) is 4. The summed E-state index contributed by atoms with van der Waals surface area (Å²) in [6.07, 6.45) is 0.550. The Labute approximate surface area is 166 Å². The quantitative estimate of drug-likeness (QED) is 0.484. The van der Waals surface area contributed by atoms with Crippen LogP contribution < -0.4 is 16.6 Å². The Morgan fingerprint density at radius 3 is 2.59 bits per heavy atom. The van der Waals surface area contributed by atoms with E-state index in [1.54, 1.807) is 7.05 Å². The largest absolute Gasteiger partial charge is 0.396 e. The molecule has 2 aromatic heterocycles. The third-order valence-electron chi connectivity index (χ3n) is 5.17. The second kappa shape index (κ2) is 7.56. The lowest BCUT2D eigenvalue weighted by Crippen LogP contribution is -2.37. The van der Waals surface area contributed by atoms with Gasteiger partial charge in [0.15, 0.2) is 11.2 Å². The zero-order chi connectivity index (χ0) is 20.5. The van der Waals surface area contributed by atoms with E-state index < -0.39 is 5.69 Å². The summed E-state index contributed by atoms with van der Waals surface area (Å²) in [4.78, 5) is 29.8. The minimum Gasteiger partial charge on any atom is -0.396 e. The van der Waals surface area contributed by atoms with Crippen LogP contribution in [-0.4, -0.2) is 36.9 Å². The molecule has 4 rings (SSSR count). The Morgan fingerprint density at radius 2 is 1.79 bits per heavy atom. The average molecular weight is 393 g/mol. The van der Waals surface area contributed by atoms with Gasteiger partial charge in [-0.05, 0) is 22.8 Å². The number of aliphatic hydroxyl groups is 1. The van der Waals surface area contributed by atoms with Gasteiger partial charge in [-0.15, -0.1) is 0 Å². The van der Waals surface area contributed by atoms with E-state index in [0.717, 1.165) is 20.9 Å². The van der Waals surface area contributed by atoms with Crippen molar-refractivity contribution in [2.75, 3.05) is 18.5 Å². The summed E-state index contributed by atoms with van der Waals surface area (Å²) in [5.74, 6) is 0.500.